The first-order valence-electron chi connectivity index (χ1n) is 10.0. The summed E-state index contributed by atoms with van der Waals surface area (Å²) in [5, 5.41) is 41.7. The van der Waals surface area contributed by atoms with Crippen molar-refractivity contribution in [3.8, 4) is 0 Å². The van der Waals surface area contributed by atoms with Crippen molar-refractivity contribution in [2.45, 2.75) is 56.7 Å². The van der Waals surface area contributed by atoms with Crippen LogP contribution in [0.5, 0.6) is 0 Å². The lowest BCUT2D eigenvalue weighted by Gasteiger charge is -2.40. The summed E-state index contributed by atoms with van der Waals surface area (Å²) in [6.45, 7) is 3.55. The Morgan fingerprint density at radius 3 is 2.33 bits per heavy atom. The first kappa shape index (κ1) is 23.7. The molecular weight excluding hydrogens is 472 g/mol. The van der Waals surface area contributed by atoms with Crippen molar-refractivity contribution >= 4 is 27.5 Å². The lowest BCUT2D eigenvalue weighted by molar-refractivity contribution is -0.231. The minimum atomic E-state index is -1.41. The Kier molecular flexibility index (Phi) is 7.96. The van der Waals surface area contributed by atoms with E-state index in [4.69, 9.17) is 16.3 Å². The summed E-state index contributed by atoms with van der Waals surface area (Å²) in [5.74, 6) is 0.430. The van der Waals surface area contributed by atoms with E-state index in [2.05, 4.69) is 47.1 Å². The van der Waals surface area contributed by atoms with Crippen molar-refractivity contribution in [3.05, 3.63) is 69.2 Å². The maximum absolute atomic E-state index is 10.5. The monoisotopic (exact) mass is 498 g/mol. The molecule has 6 unspecified atom stereocenters. The molecule has 1 aliphatic rings. The summed E-state index contributed by atoms with van der Waals surface area (Å²) in [6.07, 6.45) is -5.33. The van der Waals surface area contributed by atoms with E-state index in [-0.39, 0.29) is 0 Å². The van der Waals surface area contributed by atoms with Gasteiger partial charge in [0.05, 0.1) is 6.61 Å². The third-order valence-electron chi connectivity index (χ3n) is 5.81. The number of aryl methyl sites for hydroxylation is 1. The van der Waals surface area contributed by atoms with E-state index in [1.165, 1.54) is 5.56 Å². The van der Waals surface area contributed by atoms with Gasteiger partial charge in [0.15, 0.2) is 0 Å². The molecule has 0 bridgehead atoms. The number of halogens is 2. The molecule has 30 heavy (non-hydrogen) atoms. The number of rotatable bonds is 6. The van der Waals surface area contributed by atoms with Crippen LogP contribution in [-0.2, 0) is 11.2 Å². The zero-order valence-corrected chi connectivity index (χ0v) is 19.3. The molecule has 0 saturated carbocycles. The van der Waals surface area contributed by atoms with Gasteiger partial charge in [-0.3, -0.25) is 0 Å². The van der Waals surface area contributed by atoms with E-state index < -0.39 is 37.1 Å². The number of aliphatic hydroxyl groups excluding tert-OH is 4. The molecule has 1 heterocycles. The first-order valence-corrected chi connectivity index (χ1v) is 11.5. The quantitative estimate of drug-likeness (QED) is 0.458. The van der Waals surface area contributed by atoms with E-state index in [9.17, 15) is 20.4 Å². The molecule has 0 radical (unpaired) electrons. The highest BCUT2D eigenvalue weighted by atomic mass is 79.9. The molecule has 2 aromatic rings. The predicted molar refractivity (Wildman–Crippen MR) is 120 cm³/mol. The Labute approximate surface area is 190 Å². The van der Waals surface area contributed by atoms with Gasteiger partial charge >= 0.3 is 0 Å². The second-order valence-electron chi connectivity index (χ2n) is 8.02. The minimum Gasteiger partial charge on any atom is -0.394 e. The summed E-state index contributed by atoms with van der Waals surface area (Å²) < 4.78 is 5.74. The molecule has 4 N–H and O–H groups in total. The van der Waals surface area contributed by atoms with E-state index in [0.717, 1.165) is 22.0 Å². The van der Waals surface area contributed by atoms with Gasteiger partial charge in [-0.1, -0.05) is 64.8 Å². The molecular formula is C23H28BrClO5. The molecule has 1 aliphatic heterocycles. The molecule has 5 nitrogen and oxygen atoms in total. The van der Waals surface area contributed by atoms with Gasteiger partial charge in [0.1, 0.15) is 30.5 Å². The molecule has 164 valence electrons. The normalized spacial score (nSPS) is 27.8. The molecule has 0 aliphatic carbocycles. The average molecular weight is 500 g/mol. The van der Waals surface area contributed by atoms with Gasteiger partial charge in [-0.15, -0.1) is 0 Å². The number of aliphatic hydroxyl groups is 4. The Balaban J connectivity index is 1.89. The SMILES string of the molecule is Cc1cc(Cl)c(Cc2ccc(C(C)CBr)cc2)cc1C1OC(CO)C(O)C(O)C1O. The third kappa shape index (κ3) is 4.91. The number of benzene rings is 2. The van der Waals surface area contributed by atoms with Gasteiger partial charge in [0, 0.05) is 10.4 Å². The van der Waals surface area contributed by atoms with E-state index in [1.807, 2.05) is 19.1 Å². The van der Waals surface area contributed by atoms with E-state index in [1.54, 1.807) is 0 Å². The molecule has 2 aromatic carbocycles. The van der Waals surface area contributed by atoms with Crippen molar-refractivity contribution in [2.75, 3.05) is 11.9 Å². The number of alkyl halides is 1. The largest absolute Gasteiger partial charge is 0.394 e. The molecule has 0 spiro atoms. The summed E-state index contributed by atoms with van der Waals surface area (Å²) in [4.78, 5) is 0. The molecule has 0 amide bonds. The van der Waals surface area contributed by atoms with Crippen LogP contribution in [0.1, 0.15) is 46.8 Å². The minimum absolute atomic E-state index is 0.430. The number of ether oxygens (including phenoxy) is 1. The highest BCUT2D eigenvalue weighted by Gasteiger charge is 2.44. The maximum Gasteiger partial charge on any atom is 0.113 e. The Bertz CT molecular complexity index is 857. The molecule has 1 fully saturated rings. The number of hydrogen-bond donors (Lipinski definition) is 4. The zero-order valence-electron chi connectivity index (χ0n) is 17.0. The molecule has 1 saturated heterocycles. The average Bonchev–Trinajstić information content (AvgIpc) is 2.74. The van der Waals surface area contributed by atoms with Crippen molar-refractivity contribution in [1.82, 2.24) is 0 Å². The lowest BCUT2D eigenvalue weighted by Crippen LogP contribution is -2.55. The first-order chi connectivity index (χ1) is 14.3. The fourth-order valence-corrected chi connectivity index (χ4v) is 4.47. The Morgan fingerprint density at radius 2 is 1.73 bits per heavy atom. The van der Waals surface area contributed by atoms with Crippen LogP contribution in [0.2, 0.25) is 5.02 Å². The van der Waals surface area contributed by atoms with Crippen LogP contribution in [-0.4, -0.2) is 56.8 Å². The van der Waals surface area contributed by atoms with Crippen LogP contribution in [0.3, 0.4) is 0 Å². The van der Waals surface area contributed by atoms with Gasteiger partial charge in [-0.25, -0.2) is 0 Å². The zero-order chi connectivity index (χ0) is 22.0. The van der Waals surface area contributed by atoms with Crippen molar-refractivity contribution in [1.29, 1.82) is 0 Å². The van der Waals surface area contributed by atoms with Gasteiger partial charge in [0.25, 0.3) is 0 Å². The van der Waals surface area contributed by atoms with E-state index in [0.29, 0.717) is 22.9 Å². The second kappa shape index (κ2) is 10.1. The van der Waals surface area contributed by atoms with Gasteiger partial charge in [-0.2, -0.15) is 0 Å². The van der Waals surface area contributed by atoms with Crippen LogP contribution in [0, 0.1) is 6.92 Å². The van der Waals surface area contributed by atoms with Gasteiger partial charge in [0.2, 0.25) is 0 Å². The standard InChI is InChI=1S/C23H28BrClO5/c1-12-7-18(25)16(8-14-3-5-15(6-4-14)13(2)10-24)9-17(12)23-22(29)21(28)20(27)19(11-26)30-23/h3-7,9,13,19-23,26-29H,8,10-11H2,1-2H3. The number of hydrogen-bond acceptors (Lipinski definition) is 5. The molecule has 0 aromatic heterocycles. The van der Waals surface area contributed by atoms with Crippen molar-refractivity contribution in [3.63, 3.8) is 0 Å². The Morgan fingerprint density at radius 1 is 1.07 bits per heavy atom. The summed E-state index contributed by atoms with van der Waals surface area (Å²) in [5.41, 5.74) is 4.71. The van der Waals surface area contributed by atoms with Gasteiger partial charge < -0.3 is 25.2 Å². The van der Waals surface area contributed by atoms with Crippen LogP contribution in [0.15, 0.2) is 36.4 Å². The van der Waals surface area contributed by atoms with Crippen LogP contribution in [0.4, 0.5) is 0 Å². The fraction of sp³-hybridized carbons (Fsp3) is 0.478. The lowest BCUT2D eigenvalue weighted by atomic mass is 9.88. The predicted octanol–water partition coefficient (Wildman–Crippen LogP) is 3.25. The maximum atomic E-state index is 10.5. The van der Waals surface area contributed by atoms with Crippen LogP contribution < -0.4 is 0 Å². The van der Waals surface area contributed by atoms with Crippen LogP contribution >= 0.6 is 27.5 Å². The van der Waals surface area contributed by atoms with Crippen molar-refractivity contribution < 1.29 is 25.2 Å². The second-order valence-corrected chi connectivity index (χ2v) is 9.08. The fourth-order valence-electron chi connectivity index (χ4n) is 3.81. The van der Waals surface area contributed by atoms with E-state index >= 15 is 0 Å². The van der Waals surface area contributed by atoms with Crippen LogP contribution in [0.25, 0.3) is 0 Å². The molecule has 3 rings (SSSR count). The smallest absolute Gasteiger partial charge is 0.113 e. The van der Waals surface area contributed by atoms with Gasteiger partial charge in [-0.05, 0) is 53.1 Å². The Hall–Kier alpha value is -0.990. The highest BCUT2D eigenvalue weighted by Crippen LogP contribution is 2.36. The summed E-state index contributed by atoms with van der Waals surface area (Å²) in [6, 6.07) is 12.1. The third-order valence-corrected chi connectivity index (χ3v) is 7.13. The summed E-state index contributed by atoms with van der Waals surface area (Å²) in [7, 11) is 0. The topological polar surface area (TPSA) is 90.2 Å². The summed E-state index contributed by atoms with van der Waals surface area (Å²) >= 11 is 10.0. The van der Waals surface area contributed by atoms with Crippen molar-refractivity contribution in [2.24, 2.45) is 0 Å². The molecule has 6 atom stereocenters. The highest BCUT2D eigenvalue weighted by molar-refractivity contribution is 9.09. The molecule has 7 heteroatoms.